The number of thiophene rings is 1. The third-order valence-electron chi connectivity index (χ3n) is 2.71. The van der Waals surface area contributed by atoms with Gasteiger partial charge in [0.25, 0.3) is 0 Å². The first-order valence-electron chi connectivity index (χ1n) is 6.40. The summed E-state index contributed by atoms with van der Waals surface area (Å²) < 4.78 is 6.73. The first kappa shape index (κ1) is 14.7. The van der Waals surface area contributed by atoms with Gasteiger partial charge in [0.1, 0.15) is 0 Å². The van der Waals surface area contributed by atoms with Gasteiger partial charge in [-0.25, -0.2) is 0 Å². The molecule has 1 heterocycles. The monoisotopic (exact) mass is 339 g/mol. The number of nitrogens with one attached hydrogen (secondary N) is 1. The van der Waals surface area contributed by atoms with Crippen molar-refractivity contribution in [1.82, 2.24) is 5.32 Å². The minimum absolute atomic E-state index is 0.673. The Labute approximate surface area is 126 Å². The summed E-state index contributed by atoms with van der Waals surface area (Å²) in [5, 5.41) is 5.52. The van der Waals surface area contributed by atoms with E-state index in [1.807, 2.05) is 23.5 Å². The summed E-state index contributed by atoms with van der Waals surface area (Å²) in [4.78, 5) is 1.43. The van der Waals surface area contributed by atoms with Gasteiger partial charge in [-0.2, -0.15) is 0 Å². The number of ether oxygens (including phenoxy) is 1. The SMILES string of the molecule is Brc1cccc(COCCNCCc2cccs2)c1. The van der Waals surface area contributed by atoms with Crippen LogP contribution >= 0.6 is 27.3 Å². The van der Waals surface area contributed by atoms with Crippen molar-refractivity contribution in [3.05, 3.63) is 56.7 Å². The molecule has 102 valence electrons. The molecule has 2 rings (SSSR count). The molecule has 4 heteroatoms. The van der Waals surface area contributed by atoms with Crippen LogP contribution in [-0.2, 0) is 17.8 Å². The zero-order valence-electron chi connectivity index (χ0n) is 10.8. The number of rotatable bonds is 8. The van der Waals surface area contributed by atoms with Crippen LogP contribution < -0.4 is 5.32 Å². The molecule has 0 aliphatic rings. The zero-order valence-corrected chi connectivity index (χ0v) is 13.2. The molecular weight excluding hydrogens is 322 g/mol. The summed E-state index contributed by atoms with van der Waals surface area (Å²) in [6.07, 6.45) is 1.10. The number of halogens is 1. The predicted octanol–water partition coefficient (Wildman–Crippen LogP) is 3.86. The van der Waals surface area contributed by atoms with Gasteiger partial charge in [0, 0.05) is 22.4 Å². The lowest BCUT2D eigenvalue weighted by Crippen LogP contribution is -2.21. The standard InChI is InChI=1S/C15H18BrNOS/c16-14-4-1-3-13(11-14)12-18-9-8-17-7-6-15-5-2-10-19-15/h1-5,10-11,17H,6-9,12H2. The van der Waals surface area contributed by atoms with E-state index in [2.05, 4.69) is 50.9 Å². The molecular formula is C15H18BrNOS. The van der Waals surface area contributed by atoms with Gasteiger partial charge in [0.15, 0.2) is 0 Å². The van der Waals surface area contributed by atoms with Crippen molar-refractivity contribution < 1.29 is 4.74 Å². The van der Waals surface area contributed by atoms with Gasteiger partial charge in [-0.05, 0) is 35.6 Å². The minimum atomic E-state index is 0.673. The largest absolute Gasteiger partial charge is 0.375 e. The highest BCUT2D eigenvalue weighted by Crippen LogP contribution is 2.12. The van der Waals surface area contributed by atoms with E-state index < -0.39 is 0 Å². The molecule has 1 aromatic heterocycles. The lowest BCUT2D eigenvalue weighted by atomic mass is 10.2. The molecule has 0 atom stereocenters. The zero-order chi connectivity index (χ0) is 13.3. The molecule has 2 nitrogen and oxygen atoms in total. The first-order chi connectivity index (χ1) is 9.34. The molecule has 0 aliphatic carbocycles. The average molecular weight is 340 g/mol. The molecule has 1 N–H and O–H groups in total. The molecule has 0 bridgehead atoms. The Morgan fingerprint density at radius 1 is 1.16 bits per heavy atom. The Hall–Kier alpha value is -0.680. The van der Waals surface area contributed by atoms with E-state index in [1.165, 1.54) is 10.4 Å². The van der Waals surface area contributed by atoms with Crippen molar-refractivity contribution in [3.8, 4) is 0 Å². The molecule has 2 aromatic rings. The first-order valence-corrected chi connectivity index (χ1v) is 8.07. The maximum atomic E-state index is 5.63. The van der Waals surface area contributed by atoms with Gasteiger partial charge in [-0.3, -0.25) is 0 Å². The van der Waals surface area contributed by atoms with E-state index in [0.29, 0.717) is 6.61 Å². The quantitative estimate of drug-likeness (QED) is 0.737. The topological polar surface area (TPSA) is 21.3 Å². The summed E-state index contributed by atoms with van der Waals surface area (Å²) >= 11 is 5.27. The van der Waals surface area contributed by atoms with E-state index in [4.69, 9.17) is 4.74 Å². The van der Waals surface area contributed by atoms with Crippen LogP contribution in [0.4, 0.5) is 0 Å². The van der Waals surface area contributed by atoms with E-state index in [9.17, 15) is 0 Å². The highest BCUT2D eigenvalue weighted by Gasteiger charge is 1.95. The van der Waals surface area contributed by atoms with E-state index >= 15 is 0 Å². The molecule has 0 radical (unpaired) electrons. The molecule has 0 saturated carbocycles. The fourth-order valence-electron chi connectivity index (χ4n) is 1.75. The molecule has 0 saturated heterocycles. The second-order valence-corrected chi connectivity index (χ2v) is 6.21. The number of benzene rings is 1. The number of hydrogen-bond donors (Lipinski definition) is 1. The summed E-state index contributed by atoms with van der Waals surface area (Å²) in [6.45, 7) is 3.34. The molecule has 19 heavy (non-hydrogen) atoms. The van der Waals surface area contributed by atoms with Crippen molar-refractivity contribution in [2.75, 3.05) is 19.7 Å². The van der Waals surface area contributed by atoms with Gasteiger partial charge in [-0.15, -0.1) is 11.3 Å². The fourth-order valence-corrected chi connectivity index (χ4v) is 2.91. The Kier molecular flexibility index (Phi) is 6.57. The molecule has 0 fully saturated rings. The molecule has 0 amide bonds. The van der Waals surface area contributed by atoms with Gasteiger partial charge in [0.05, 0.1) is 13.2 Å². The van der Waals surface area contributed by atoms with Crippen LogP contribution in [0.15, 0.2) is 46.3 Å². The highest BCUT2D eigenvalue weighted by atomic mass is 79.9. The lowest BCUT2D eigenvalue weighted by molar-refractivity contribution is 0.123. The minimum Gasteiger partial charge on any atom is -0.375 e. The molecule has 1 aromatic carbocycles. The van der Waals surface area contributed by atoms with Crippen LogP contribution in [0.1, 0.15) is 10.4 Å². The maximum absolute atomic E-state index is 5.63. The van der Waals surface area contributed by atoms with Crippen molar-refractivity contribution >= 4 is 27.3 Å². The second kappa shape index (κ2) is 8.48. The highest BCUT2D eigenvalue weighted by molar-refractivity contribution is 9.10. The number of hydrogen-bond acceptors (Lipinski definition) is 3. The van der Waals surface area contributed by atoms with Crippen molar-refractivity contribution in [1.29, 1.82) is 0 Å². The van der Waals surface area contributed by atoms with Gasteiger partial charge < -0.3 is 10.1 Å². The molecule has 0 spiro atoms. The Balaban J connectivity index is 1.50. The fraction of sp³-hybridized carbons (Fsp3) is 0.333. The molecule has 0 aliphatic heterocycles. The summed E-state index contributed by atoms with van der Waals surface area (Å²) in [6, 6.07) is 12.5. The van der Waals surface area contributed by atoms with Crippen molar-refractivity contribution in [2.24, 2.45) is 0 Å². The van der Waals surface area contributed by atoms with Crippen LogP contribution in [0.5, 0.6) is 0 Å². The van der Waals surface area contributed by atoms with Crippen molar-refractivity contribution in [2.45, 2.75) is 13.0 Å². The Bertz CT molecular complexity index is 473. The van der Waals surface area contributed by atoms with Crippen LogP contribution in [0.25, 0.3) is 0 Å². The Morgan fingerprint density at radius 2 is 2.11 bits per heavy atom. The van der Waals surface area contributed by atoms with Crippen LogP contribution in [0.2, 0.25) is 0 Å². The predicted molar refractivity (Wildman–Crippen MR) is 84.7 cm³/mol. The summed E-state index contributed by atoms with van der Waals surface area (Å²) in [5.41, 5.74) is 1.20. The average Bonchev–Trinajstić information content (AvgIpc) is 2.91. The van der Waals surface area contributed by atoms with Crippen LogP contribution in [0.3, 0.4) is 0 Å². The smallest absolute Gasteiger partial charge is 0.0717 e. The van der Waals surface area contributed by atoms with E-state index in [-0.39, 0.29) is 0 Å². The third-order valence-corrected chi connectivity index (χ3v) is 4.14. The third kappa shape index (κ3) is 5.87. The van der Waals surface area contributed by atoms with E-state index in [1.54, 1.807) is 0 Å². The summed E-state index contributed by atoms with van der Waals surface area (Å²) in [5.74, 6) is 0. The maximum Gasteiger partial charge on any atom is 0.0717 e. The van der Waals surface area contributed by atoms with E-state index in [0.717, 1.165) is 30.6 Å². The van der Waals surface area contributed by atoms with Gasteiger partial charge in [0.2, 0.25) is 0 Å². The van der Waals surface area contributed by atoms with Crippen LogP contribution in [0, 0.1) is 0 Å². The summed E-state index contributed by atoms with van der Waals surface area (Å²) in [7, 11) is 0. The second-order valence-electron chi connectivity index (χ2n) is 4.26. The molecule has 0 unspecified atom stereocenters. The van der Waals surface area contributed by atoms with Crippen LogP contribution in [-0.4, -0.2) is 19.7 Å². The van der Waals surface area contributed by atoms with Gasteiger partial charge in [-0.1, -0.05) is 34.1 Å². The van der Waals surface area contributed by atoms with Crippen molar-refractivity contribution in [3.63, 3.8) is 0 Å². The lowest BCUT2D eigenvalue weighted by Gasteiger charge is -2.06. The normalized spacial score (nSPS) is 10.8. The van der Waals surface area contributed by atoms with Gasteiger partial charge >= 0.3 is 0 Å². The Morgan fingerprint density at radius 3 is 2.89 bits per heavy atom.